The van der Waals surface area contributed by atoms with Crippen molar-refractivity contribution in [2.45, 2.75) is 19.3 Å². The maximum atomic E-state index is 11.5. The van der Waals surface area contributed by atoms with Gasteiger partial charge in [-0.15, -0.1) is 10.2 Å². The Labute approximate surface area is 133 Å². The van der Waals surface area contributed by atoms with Crippen LogP contribution in [0, 0.1) is 5.41 Å². The molecule has 1 fully saturated rings. The minimum absolute atomic E-state index is 0.157. The molecule has 0 unspecified atom stereocenters. The van der Waals surface area contributed by atoms with Crippen LogP contribution in [-0.2, 0) is 6.42 Å². The van der Waals surface area contributed by atoms with Crippen molar-refractivity contribution in [3.05, 3.63) is 52.7 Å². The van der Waals surface area contributed by atoms with Crippen molar-refractivity contribution >= 4 is 23.3 Å². The molecule has 2 aromatic rings. The summed E-state index contributed by atoms with van der Waals surface area (Å²) in [6.45, 7) is 0.735. The van der Waals surface area contributed by atoms with Crippen molar-refractivity contribution in [3.63, 3.8) is 0 Å². The van der Waals surface area contributed by atoms with E-state index >= 15 is 0 Å². The van der Waals surface area contributed by atoms with Crippen LogP contribution in [0.3, 0.4) is 0 Å². The highest BCUT2D eigenvalue weighted by Crippen LogP contribution is 2.48. The summed E-state index contributed by atoms with van der Waals surface area (Å²) in [5, 5.41) is 11.1. The SMILES string of the molecule is NC(=O)c1cc(Cl)nnc1NCC1(Cc2ccccc2)CC1. The van der Waals surface area contributed by atoms with Gasteiger partial charge in [0.15, 0.2) is 11.0 Å². The van der Waals surface area contributed by atoms with Gasteiger partial charge in [-0.2, -0.15) is 0 Å². The van der Waals surface area contributed by atoms with Gasteiger partial charge in [0.05, 0.1) is 5.56 Å². The van der Waals surface area contributed by atoms with Gasteiger partial charge in [-0.3, -0.25) is 4.79 Å². The van der Waals surface area contributed by atoms with Gasteiger partial charge in [-0.05, 0) is 36.3 Å². The van der Waals surface area contributed by atoms with Crippen LogP contribution in [-0.4, -0.2) is 22.6 Å². The van der Waals surface area contributed by atoms with Crippen LogP contribution in [0.15, 0.2) is 36.4 Å². The van der Waals surface area contributed by atoms with Gasteiger partial charge in [0, 0.05) is 6.54 Å². The number of benzene rings is 1. The second kappa shape index (κ2) is 5.93. The zero-order chi connectivity index (χ0) is 15.6. The van der Waals surface area contributed by atoms with E-state index in [4.69, 9.17) is 17.3 Å². The third-order valence-electron chi connectivity index (χ3n) is 4.04. The average Bonchev–Trinajstić information content (AvgIpc) is 3.27. The minimum Gasteiger partial charge on any atom is -0.367 e. The van der Waals surface area contributed by atoms with Crippen LogP contribution in [0.2, 0.25) is 5.15 Å². The third kappa shape index (κ3) is 3.36. The molecule has 5 nitrogen and oxygen atoms in total. The standard InChI is InChI=1S/C16H17ClN4O/c17-13-8-12(14(18)22)15(21-20-13)19-10-16(6-7-16)9-11-4-2-1-3-5-11/h1-5,8H,6-7,9-10H2,(H2,18,22)(H,19,21). The lowest BCUT2D eigenvalue weighted by Gasteiger charge is -2.17. The summed E-state index contributed by atoms with van der Waals surface area (Å²) in [5.41, 5.74) is 7.17. The Morgan fingerprint density at radius 1 is 1.27 bits per heavy atom. The molecule has 0 bridgehead atoms. The van der Waals surface area contributed by atoms with Crippen molar-refractivity contribution in [1.82, 2.24) is 10.2 Å². The van der Waals surface area contributed by atoms with E-state index in [2.05, 4.69) is 39.8 Å². The van der Waals surface area contributed by atoms with Crippen LogP contribution in [0.4, 0.5) is 5.82 Å². The van der Waals surface area contributed by atoms with Gasteiger partial charge in [0.25, 0.3) is 5.91 Å². The van der Waals surface area contributed by atoms with Crippen molar-refractivity contribution in [1.29, 1.82) is 0 Å². The molecular weight excluding hydrogens is 300 g/mol. The molecule has 1 saturated carbocycles. The van der Waals surface area contributed by atoms with E-state index < -0.39 is 5.91 Å². The summed E-state index contributed by atoms with van der Waals surface area (Å²) in [7, 11) is 0. The monoisotopic (exact) mass is 316 g/mol. The summed E-state index contributed by atoms with van der Waals surface area (Å²) >= 11 is 5.76. The molecule has 1 aromatic heterocycles. The summed E-state index contributed by atoms with van der Waals surface area (Å²) in [5.74, 6) is -0.163. The molecule has 3 rings (SSSR count). The predicted molar refractivity (Wildman–Crippen MR) is 85.9 cm³/mol. The lowest BCUT2D eigenvalue weighted by Crippen LogP contribution is -2.22. The first-order chi connectivity index (χ1) is 10.6. The average molecular weight is 317 g/mol. The van der Waals surface area contributed by atoms with E-state index in [9.17, 15) is 4.79 Å². The van der Waals surface area contributed by atoms with E-state index in [-0.39, 0.29) is 16.1 Å². The summed E-state index contributed by atoms with van der Waals surface area (Å²) in [4.78, 5) is 11.5. The zero-order valence-corrected chi connectivity index (χ0v) is 12.8. The van der Waals surface area contributed by atoms with Gasteiger partial charge in [-0.25, -0.2) is 0 Å². The topological polar surface area (TPSA) is 80.9 Å². The molecule has 1 aliphatic rings. The van der Waals surface area contributed by atoms with E-state index in [1.54, 1.807) is 0 Å². The Hall–Kier alpha value is -2.14. The number of nitrogens with zero attached hydrogens (tertiary/aromatic N) is 2. The fourth-order valence-electron chi connectivity index (χ4n) is 2.58. The molecule has 0 spiro atoms. The fourth-order valence-corrected chi connectivity index (χ4v) is 2.73. The normalized spacial score (nSPS) is 15.3. The van der Waals surface area contributed by atoms with Crippen molar-refractivity contribution in [3.8, 4) is 0 Å². The van der Waals surface area contributed by atoms with Crippen molar-refractivity contribution in [2.75, 3.05) is 11.9 Å². The van der Waals surface area contributed by atoms with Crippen LogP contribution in [0.1, 0.15) is 28.8 Å². The quantitative estimate of drug-likeness (QED) is 0.858. The number of halogens is 1. The number of aromatic nitrogens is 2. The lowest BCUT2D eigenvalue weighted by molar-refractivity contribution is 0.100. The van der Waals surface area contributed by atoms with Crippen LogP contribution >= 0.6 is 11.6 Å². The highest BCUT2D eigenvalue weighted by molar-refractivity contribution is 6.29. The Morgan fingerprint density at radius 3 is 2.64 bits per heavy atom. The Balaban J connectivity index is 1.69. The number of amides is 1. The molecule has 0 radical (unpaired) electrons. The molecule has 1 aromatic carbocycles. The summed E-state index contributed by atoms with van der Waals surface area (Å²) in [6, 6.07) is 11.8. The highest BCUT2D eigenvalue weighted by atomic mass is 35.5. The van der Waals surface area contributed by atoms with Gasteiger partial charge in [-0.1, -0.05) is 41.9 Å². The van der Waals surface area contributed by atoms with Crippen molar-refractivity contribution in [2.24, 2.45) is 11.1 Å². The smallest absolute Gasteiger partial charge is 0.252 e. The number of primary amides is 1. The van der Waals surface area contributed by atoms with Crippen molar-refractivity contribution < 1.29 is 4.79 Å². The highest BCUT2D eigenvalue weighted by Gasteiger charge is 2.42. The minimum atomic E-state index is -0.563. The van der Waals surface area contributed by atoms with Crippen LogP contribution in [0.5, 0.6) is 0 Å². The number of rotatable bonds is 6. The number of hydrogen-bond acceptors (Lipinski definition) is 4. The molecule has 1 amide bonds. The predicted octanol–water partition coefficient (Wildman–Crippen LogP) is 2.66. The first-order valence-electron chi connectivity index (χ1n) is 7.19. The van der Waals surface area contributed by atoms with Gasteiger partial charge in [0.2, 0.25) is 0 Å². The molecule has 22 heavy (non-hydrogen) atoms. The number of nitrogens with one attached hydrogen (secondary N) is 1. The zero-order valence-electron chi connectivity index (χ0n) is 12.1. The number of nitrogens with two attached hydrogens (primary N) is 1. The van der Waals surface area contributed by atoms with Gasteiger partial charge < -0.3 is 11.1 Å². The maximum Gasteiger partial charge on any atom is 0.252 e. The Bertz CT molecular complexity index is 686. The third-order valence-corrected chi connectivity index (χ3v) is 4.22. The van der Waals surface area contributed by atoms with Gasteiger partial charge >= 0.3 is 0 Å². The van der Waals surface area contributed by atoms with E-state index in [1.807, 2.05) is 6.07 Å². The Kier molecular flexibility index (Phi) is 3.98. The molecule has 0 aliphatic heterocycles. The maximum absolute atomic E-state index is 11.5. The largest absolute Gasteiger partial charge is 0.367 e. The molecule has 3 N–H and O–H groups in total. The Morgan fingerprint density at radius 2 is 2.00 bits per heavy atom. The number of hydrogen-bond donors (Lipinski definition) is 2. The number of carbonyl (C=O) groups excluding carboxylic acids is 1. The van der Waals surface area contributed by atoms with Crippen LogP contribution < -0.4 is 11.1 Å². The van der Waals surface area contributed by atoms with E-state index in [0.29, 0.717) is 5.82 Å². The van der Waals surface area contributed by atoms with E-state index in [0.717, 1.165) is 25.8 Å². The second-order valence-corrected chi connectivity index (χ2v) is 6.20. The molecule has 1 heterocycles. The molecule has 114 valence electrons. The molecule has 6 heteroatoms. The molecule has 0 atom stereocenters. The second-order valence-electron chi connectivity index (χ2n) is 5.81. The first-order valence-corrected chi connectivity index (χ1v) is 7.57. The lowest BCUT2D eigenvalue weighted by atomic mass is 9.96. The van der Waals surface area contributed by atoms with E-state index in [1.165, 1.54) is 11.6 Å². The first kappa shape index (κ1) is 14.8. The number of carbonyl (C=O) groups is 1. The fraction of sp³-hybridized carbons (Fsp3) is 0.312. The molecular formula is C16H17ClN4O. The molecule has 1 aliphatic carbocycles. The van der Waals surface area contributed by atoms with Crippen LogP contribution in [0.25, 0.3) is 0 Å². The van der Waals surface area contributed by atoms with Gasteiger partial charge in [0.1, 0.15) is 0 Å². The number of anilines is 1. The molecule has 0 saturated heterocycles. The summed E-state index contributed by atoms with van der Waals surface area (Å²) < 4.78 is 0. The summed E-state index contributed by atoms with van der Waals surface area (Å²) in [6.07, 6.45) is 3.32.